The van der Waals surface area contributed by atoms with E-state index in [1.165, 1.54) is 21.1 Å². The molecular weight excluding hydrogens is 885 g/mol. The third-order valence-corrected chi connectivity index (χ3v) is 14.0. The molecule has 5 aromatic carbocycles. The number of furan rings is 1. The Bertz CT molecular complexity index is 2610. The molecule has 8 rings (SSSR count). The number of nitrogens with zero attached hydrogens (tertiary/aromatic N) is 2. The molecule has 0 unspecified atom stereocenters. The normalized spacial score (nSPS) is 12.4. The fourth-order valence-corrected chi connectivity index (χ4v) is 10.3. The SMILES string of the molecule is CC(C)c1ccnc(-c2[c-]ccc3c2oc2cc(-c4ccccc4)ccc23)c1.[2H]C([2H])([2H])c1c[c-]c(-c2cc(C)[c]([Ge]([CH3])([CH3])[CH3])cn2)cc1-c1ccccc1.[Ir]. The van der Waals surface area contributed by atoms with E-state index >= 15 is 0 Å². The van der Waals surface area contributed by atoms with Crippen molar-refractivity contribution in [1.29, 1.82) is 0 Å². The first-order chi connectivity index (χ1) is 26.3. The van der Waals surface area contributed by atoms with Gasteiger partial charge in [0, 0.05) is 31.7 Å². The van der Waals surface area contributed by atoms with Crippen LogP contribution in [0.3, 0.4) is 0 Å². The third kappa shape index (κ3) is 8.31. The van der Waals surface area contributed by atoms with Crippen molar-refractivity contribution in [3.63, 3.8) is 0 Å². The number of benzene rings is 5. The first-order valence-electron chi connectivity index (χ1n) is 19.3. The molecule has 53 heavy (non-hydrogen) atoms. The zero-order valence-electron chi connectivity index (χ0n) is 33.9. The molecule has 1 radical (unpaired) electrons. The van der Waals surface area contributed by atoms with Gasteiger partial charge in [0.15, 0.2) is 0 Å². The van der Waals surface area contributed by atoms with E-state index in [1.807, 2.05) is 60.9 Å². The van der Waals surface area contributed by atoms with Crippen LogP contribution in [0.4, 0.5) is 0 Å². The van der Waals surface area contributed by atoms with Crippen LogP contribution < -0.4 is 4.40 Å². The summed E-state index contributed by atoms with van der Waals surface area (Å²) in [5.41, 5.74) is 12.0. The summed E-state index contributed by atoms with van der Waals surface area (Å²) in [6.07, 6.45) is 3.87. The summed E-state index contributed by atoms with van der Waals surface area (Å²) in [7, 11) is 0. The van der Waals surface area contributed by atoms with Gasteiger partial charge in [-0.25, -0.2) is 0 Å². The topological polar surface area (TPSA) is 38.9 Å². The second kappa shape index (κ2) is 16.2. The number of hydrogen-bond donors (Lipinski definition) is 0. The minimum atomic E-state index is -2.19. The van der Waals surface area contributed by atoms with Crippen LogP contribution in [0.2, 0.25) is 17.3 Å². The van der Waals surface area contributed by atoms with Gasteiger partial charge < -0.3 is 9.40 Å². The Morgan fingerprint density at radius 3 is 2.13 bits per heavy atom. The Balaban J connectivity index is 0.000000187. The minimum Gasteiger partial charge on any atom is 0 e. The molecule has 3 nitrogen and oxygen atoms in total. The quantitative estimate of drug-likeness (QED) is 0.123. The second-order valence-electron chi connectivity index (χ2n) is 14.6. The van der Waals surface area contributed by atoms with Crippen LogP contribution in [-0.2, 0) is 20.1 Å². The number of aryl methyl sites for hydroxylation is 2. The molecule has 0 aliphatic carbocycles. The molecular formula is C48H44GeIrN2O-2. The molecule has 5 heteroatoms. The molecule has 0 fully saturated rings. The van der Waals surface area contributed by atoms with Gasteiger partial charge in [0.05, 0.1) is 5.58 Å². The van der Waals surface area contributed by atoms with Crippen molar-refractivity contribution >= 4 is 39.6 Å². The van der Waals surface area contributed by atoms with E-state index in [4.69, 9.17) is 8.53 Å². The van der Waals surface area contributed by atoms with Gasteiger partial charge in [-0.15, -0.1) is 18.2 Å². The summed E-state index contributed by atoms with van der Waals surface area (Å²) >= 11 is -1.96. The van der Waals surface area contributed by atoms with Crippen LogP contribution in [0.15, 0.2) is 138 Å². The van der Waals surface area contributed by atoms with Crippen LogP contribution in [0.1, 0.15) is 40.6 Å². The smallest absolute Gasteiger partial charge is 0 e. The maximum absolute atomic E-state index is 7.87. The third-order valence-electron chi connectivity index (χ3n) is 9.48. The van der Waals surface area contributed by atoms with Crippen molar-refractivity contribution in [1.82, 2.24) is 9.97 Å². The monoisotopic (exact) mass is 934 g/mol. The Morgan fingerprint density at radius 2 is 1.45 bits per heavy atom. The molecule has 267 valence electrons. The van der Waals surface area contributed by atoms with Gasteiger partial charge in [0.1, 0.15) is 5.58 Å². The van der Waals surface area contributed by atoms with Gasteiger partial charge in [-0.05, 0) is 34.9 Å². The summed E-state index contributed by atoms with van der Waals surface area (Å²) in [6, 6.07) is 46.7. The molecule has 0 amide bonds. The fraction of sp³-hybridized carbons (Fsp3) is 0.167. The molecule has 3 heterocycles. The summed E-state index contributed by atoms with van der Waals surface area (Å²) in [6.45, 7) is 4.32. The molecule has 0 bridgehead atoms. The predicted octanol–water partition coefficient (Wildman–Crippen LogP) is 12.6. The van der Waals surface area contributed by atoms with Gasteiger partial charge in [-0.2, -0.15) is 0 Å². The van der Waals surface area contributed by atoms with Crippen LogP contribution in [-0.4, -0.2) is 23.2 Å². The van der Waals surface area contributed by atoms with Crippen LogP contribution in [0.5, 0.6) is 0 Å². The van der Waals surface area contributed by atoms with E-state index in [0.717, 1.165) is 55.6 Å². The maximum atomic E-state index is 7.87. The van der Waals surface area contributed by atoms with Crippen LogP contribution in [0, 0.1) is 25.9 Å². The van der Waals surface area contributed by atoms with E-state index in [2.05, 4.69) is 127 Å². The number of pyridine rings is 2. The number of aromatic nitrogens is 2. The standard InChI is InChI=1S/C26H20NO.C22H24GeN.Ir/c1-17(2)19-13-14-27-24(15-19)23-10-6-9-22-21-12-11-20(16-25(21)28-26(22)23)18-7-4-3-5-8-18;1-16-11-12-19(14-20(16)18-9-7-6-8-10-18)22-13-17(2)21(15-24-22)23(3,4)5;/h3-9,11-17H,1-2H3;6-11,13-15H,1-5H3;/q2*-1;/i;1D3;. The zero-order chi connectivity index (χ0) is 38.9. The van der Waals surface area contributed by atoms with E-state index < -0.39 is 20.1 Å². The number of fused-ring (bicyclic) bond motifs is 3. The largest absolute Gasteiger partial charge is 0 e. The molecule has 3 aromatic heterocycles. The van der Waals surface area contributed by atoms with Crippen molar-refractivity contribution < 1.29 is 28.6 Å². The average molecular weight is 933 g/mol. The first kappa shape index (κ1) is 34.2. The van der Waals surface area contributed by atoms with Crippen LogP contribution >= 0.6 is 0 Å². The average Bonchev–Trinajstić information content (AvgIpc) is 3.56. The van der Waals surface area contributed by atoms with Crippen molar-refractivity contribution in [2.75, 3.05) is 0 Å². The summed E-state index contributed by atoms with van der Waals surface area (Å²) in [5.74, 6) is 7.52. The second-order valence-corrected chi connectivity index (χ2v) is 25.1. The molecule has 0 saturated carbocycles. The Hall–Kier alpha value is -4.61. The first-order valence-corrected chi connectivity index (χ1v) is 25.1. The van der Waals surface area contributed by atoms with Crippen molar-refractivity contribution in [3.8, 4) is 44.8 Å². The number of rotatable bonds is 6. The summed E-state index contributed by atoms with van der Waals surface area (Å²) < 4.78 is 31.3. The minimum absolute atomic E-state index is 0. The van der Waals surface area contributed by atoms with E-state index in [9.17, 15) is 0 Å². The van der Waals surface area contributed by atoms with Gasteiger partial charge >= 0.3 is 152 Å². The maximum Gasteiger partial charge on any atom is 0 e. The summed E-state index contributed by atoms with van der Waals surface area (Å²) in [5, 5.41) is 2.21. The summed E-state index contributed by atoms with van der Waals surface area (Å²) in [4.78, 5) is 9.26. The molecule has 0 spiro atoms. The van der Waals surface area contributed by atoms with E-state index in [-0.39, 0.29) is 20.1 Å². The predicted molar refractivity (Wildman–Crippen MR) is 222 cm³/mol. The van der Waals surface area contributed by atoms with Gasteiger partial charge in [0.2, 0.25) is 0 Å². The van der Waals surface area contributed by atoms with E-state index in [0.29, 0.717) is 17.0 Å². The van der Waals surface area contributed by atoms with E-state index in [1.54, 1.807) is 6.07 Å². The Labute approximate surface area is 334 Å². The molecule has 0 N–H and O–H groups in total. The van der Waals surface area contributed by atoms with Gasteiger partial charge in [-0.3, -0.25) is 0 Å². The Morgan fingerprint density at radius 1 is 0.717 bits per heavy atom. The molecule has 0 aliphatic rings. The zero-order valence-corrected chi connectivity index (χ0v) is 35.4. The molecule has 0 saturated heterocycles. The molecule has 8 aromatic rings. The Kier molecular flexibility index (Phi) is 10.4. The fourth-order valence-electron chi connectivity index (χ4n) is 6.67. The van der Waals surface area contributed by atoms with Crippen molar-refractivity contribution in [2.45, 2.75) is 50.8 Å². The van der Waals surface area contributed by atoms with Crippen molar-refractivity contribution in [3.05, 3.63) is 163 Å². The van der Waals surface area contributed by atoms with Crippen LogP contribution in [0.25, 0.3) is 66.7 Å². The van der Waals surface area contributed by atoms with Gasteiger partial charge in [-0.1, -0.05) is 78.9 Å². The number of hydrogen-bond acceptors (Lipinski definition) is 3. The molecule has 0 aliphatic heterocycles. The molecule has 0 atom stereocenters. The van der Waals surface area contributed by atoms with Crippen molar-refractivity contribution in [2.24, 2.45) is 0 Å². The van der Waals surface area contributed by atoms with Gasteiger partial charge in [0.25, 0.3) is 0 Å².